The number of sulfone groups is 1. The van der Waals surface area contributed by atoms with Crippen molar-refractivity contribution in [3.63, 3.8) is 0 Å². The molecule has 0 spiro atoms. The Balaban J connectivity index is 1.57. The van der Waals surface area contributed by atoms with E-state index in [-0.39, 0.29) is 5.75 Å². The van der Waals surface area contributed by atoms with Gasteiger partial charge in [-0.1, -0.05) is 72.4 Å². The van der Waals surface area contributed by atoms with Gasteiger partial charge in [-0.2, -0.15) is 0 Å². The second kappa shape index (κ2) is 10.7. The van der Waals surface area contributed by atoms with Gasteiger partial charge in [-0.05, 0) is 36.2 Å². The number of hydrogen-bond donors (Lipinski definition) is 0. The van der Waals surface area contributed by atoms with E-state index in [9.17, 15) is 8.42 Å². The molecule has 6 nitrogen and oxygen atoms in total. The van der Waals surface area contributed by atoms with E-state index < -0.39 is 9.84 Å². The summed E-state index contributed by atoms with van der Waals surface area (Å²) < 4.78 is 32.9. The molecular weight excluding hydrogens is 454 g/mol. The summed E-state index contributed by atoms with van der Waals surface area (Å²) in [4.78, 5) is 0.339. The van der Waals surface area contributed by atoms with Crippen LogP contribution in [0.25, 0.3) is 11.4 Å². The Morgan fingerprint density at radius 1 is 0.879 bits per heavy atom. The third-order valence-electron chi connectivity index (χ3n) is 5.22. The van der Waals surface area contributed by atoms with E-state index in [4.69, 9.17) is 4.74 Å². The van der Waals surface area contributed by atoms with E-state index in [0.29, 0.717) is 33.9 Å². The Morgan fingerprint density at radius 3 is 2.27 bits per heavy atom. The van der Waals surface area contributed by atoms with E-state index in [1.165, 1.54) is 17.3 Å². The van der Waals surface area contributed by atoms with Crippen molar-refractivity contribution in [2.75, 3.05) is 18.6 Å². The molecule has 0 saturated carbocycles. The fraction of sp³-hybridized carbons (Fsp3) is 0.200. The van der Waals surface area contributed by atoms with Gasteiger partial charge in [0.25, 0.3) is 0 Å². The van der Waals surface area contributed by atoms with Gasteiger partial charge in [0.1, 0.15) is 5.75 Å². The van der Waals surface area contributed by atoms with Crippen molar-refractivity contribution >= 4 is 21.6 Å². The number of nitrogens with zero attached hydrogens (tertiary/aromatic N) is 3. The first-order valence-electron chi connectivity index (χ1n) is 10.6. The van der Waals surface area contributed by atoms with Crippen LogP contribution in [0.2, 0.25) is 0 Å². The van der Waals surface area contributed by atoms with Gasteiger partial charge in [0.05, 0.1) is 23.3 Å². The minimum Gasteiger partial charge on any atom is -0.496 e. The fourth-order valence-corrected chi connectivity index (χ4v) is 6.13. The molecule has 3 aromatic carbocycles. The summed E-state index contributed by atoms with van der Waals surface area (Å²) in [6, 6.07) is 26.5. The van der Waals surface area contributed by atoms with Gasteiger partial charge in [0.2, 0.25) is 0 Å². The molecule has 33 heavy (non-hydrogen) atoms. The molecule has 0 saturated heterocycles. The van der Waals surface area contributed by atoms with E-state index in [1.807, 2.05) is 53.1 Å². The minimum absolute atomic E-state index is 0.0250. The van der Waals surface area contributed by atoms with E-state index in [0.717, 1.165) is 12.0 Å². The van der Waals surface area contributed by atoms with Gasteiger partial charge in [0.15, 0.2) is 20.8 Å². The molecular formula is C25H25N3O3S2. The van der Waals surface area contributed by atoms with Crippen molar-refractivity contribution in [1.29, 1.82) is 0 Å². The maximum Gasteiger partial charge on any atom is 0.191 e. The summed E-state index contributed by atoms with van der Waals surface area (Å²) in [6.45, 7) is 0.665. The summed E-state index contributed by atoms with van der Waals surface area (Å²) in [5.41, 5.74) is 2.06. The Bertz CT molecular complexity index is 1290. The second-order valence-electron chi connectivity index (χ2n) is 7.37. The van der Waals surface area contributed by atoms with Crippen molar-refractivity contribution < 1.29 is 13.2 Å². The van der Waals surface area contributed by atoms with Crippen LogP contribution in [0.15, 0.2) is 95.0 Å². The van der Waals surface area contributed by atoms with Crippen LogP contribution in [0.3, 0.4) is 0 Å². The molecule has 0 atom stereocenters. The summed E-state index contributed by atoms with van der Waals surface area (Å²) in [6.07, 6.45) is 0.802. The Kier molecular flexibility index (Phi) is 7.47. The lowest BCUT2D eigenvalue weighted by Crippen LogP contribution is -2.10. The topological polar surface area (TPSA) is 74.1 Å². The van der Waals surface area contributed by atoms with Crippen LogP contribution < -0.4 is 4.74 Å². The highest BCUT2D eigenvalue weighted by Crippen LogP contribution is 2.31. The molecule has 0 aliphatic rings. The standard InChI is InChI=1S/C25H25N3O3S2/c1-31-23-15-9-8-14-22(23)24-26-27-25(28(24)17-16-20-10-4-2-5-11-20)32-18-19-33(29,30)21-12-6-3-7-13-21/h2-15H,16-19H2,1H3. The Morgan fingerprint density at radius 2 is 1.55 bits per heavy atom. The molecule has 4 aromatic rings. The molecule has 170 valence electrons. The van der Waals surface area contributed by atoms with Gasteiger partial charge in [0, 0.05) is 12.3 Å². The smallest absolute Gasteiger partial charge is 0.191 e. The highest BCUT2D eigenvalue weighted by molar-refractivity contribution is 8.00. The van der Waals surface area contributed by atoms with Crippen molar-refractivity contribution in [2.24, 2.45) is 0 Å². The number of ether oxygens (including phenoxy) is 1. The van der Waals surface area contributed by atoms with Crippen LogP contribution in [0.1, 0.15) is 5.56 Å². The summed E-state index contributed by atoms with van der Waals surface area (Å²) in [5.74, 6) is 1.83. The van der Waals surface area contributed by atoms with Crippen molar-refractivity contribution in [3.05, 3.63) is 90.5 Å². The fourth-order valence-electron chi connectivity index (χ4n) is 3.50. The zero-order valence-corrected chi connectivity index (χ0v) is 19.9. The number of thioether (sulfide) groups is 1. The Labute approximate surface area is 198 Å². The van der Waals surface area contributed by atoms with Crippen LogP contribution in [-0.2, 0) is 22.8 Å². The molecule has 0 N–H and O–H groups in total. The van der Waals surface area contributed by atoms with Crippen LogP contribution in [-0.4, -0.2) is 41.8 Å². The number of para-hydroxylation sites is 1. The molecule has 0 unspecified atom stereocenters. The SMILES string of the molecule is COc1ccccc1-c1nnc(SCCS(=O)(=O)c2ccccc2)n1CCc1ccccc1. The predicted molar refractivity (Wildman–Crippen MR) is 131 cm³/mol. The van der Waals surface area contributed by atoms with Gasteiger partial charge < -0.3 is 9.30 Å². The molecule has 0 aliphatic carbocycles. The van der Waals surface area contributed by atoms with Crippen LogP contribution >= 0.6 is 11.8 Å². The lowest BCUT2D eigenvalue weighted by Gasteiger charge is -2.12. The van der Waals surface area contributed by atoms with Crippen LogP contribution in [0.4, 0.5) is 0 Å². The summed E-state index contributed by atoms with van der Waals surface area (Å²) in [7, 11) is -1.72. The number of benzene rings is 3. The summed E-state index contributed by atoms with van der Waals surface area (Å²) in [5, 5.41) is 9.53. The molecule has 0 aliphatic heterocycles. The molecule has 1 aromatic heterocycles. The van der Waals surface area contributed by atoms with Crippen LogP contribution in [0, 0.1) is 0 Å². The maximum absolute atomic E-state index is 12.7. The highest BCUT2D eigenvalue weighted by atomic mass is 32.2. The molecule has 0 bridgehead atoms. The van der Waals surface area contributed by atoms with E-state index in [2.05, 4.69) is 22.3 Å². The van der Waals surface area contributed by atoms with E-state index in [1.54, 1.807) is 31.4 Å². The highest BCUT2D eigenvalue weighted by Gasteiger charge is 2.19. The largest absolute Gasteiger partial charge is 0.496 e. The first kappa shape index (κ1) is 23.1. The quantitative estimate of drug-likeness (QED) is 0.305. The third kappa shape index (κ3) is 5.64. The van der Waals surface area contributed by atoms with Gasteiger partial charge in [-0.3, -0.25) is 0 Å². The molecule has 4 rings (SSSR count). The zero-order valence-electron chi connectivity index (χ0n) is 18.3. The van der Waals surface area contributed by atoms with Gasteiger partial charge in [-0.15, -0.1) is 10.2 Å². The van der Waals surface area contributed by atoms with Crippen LogP contribution in [0.5, 0.6) is 5.75 Å². The third-order valence-corrected chi connectivity index (χ3v) is 8.18. The van der Waals surface area contributed by atoms with Crippen molar-refractivity contribution in [3.8, 4) is 17.1 Å². The number of aryl methyl sites for hydroxylation is 1. The average Bonchev–Trinajstić information content (AvgIpc) is 3.26. The molecule has 0 radical (unpaired) electrons. The van der Waals surface area contributed by atoms with Crippen molar-refractivity contribution in [1.82, 2.24) is 14.8 Å². The maximum atomic E-state index is 12.7. The molecule has 8 heteroatoms. The zero-order chi connectivity index (χ0) is 23.1. The predicted octanol–water partition coefficient (Wildman–Crippen LogP) is 4.76. The summed E-state index contributed by atoms with van der Waals surface area (Å²) >= 11 is 1.40. The monoisotopic (exact) mass is 479 g/mol. The molecule has 0 fully saturated rings. The van der Waals surface area contributed by atoms with Gasteiger partial charge in [-0.25, -0.2) is 8.42 Å². The van der Waals surface area contributed by atoms with E-state index >= 15 is 0 Å². The number of rotatable bonds is 10. The first-order chi connectivity index (χ1) is 16.1. The number of aromatic nitrogens is 3. The minimum atomic E-state index is -3.35. The number of hydrogen-bond acceptors (Lipinski definition) is 6. The lowest BCUT2D eigenvalue weighted by atomic mass is 10.1. The lowest BCUT2D eigenvalue weighted by molar-refractivity contribution is 0.415. The first-order valence-corrected chi connectivity index (χ1v) is 13.2. The van der Waals surface area contributed by atoms with Crippen molar-refractivity contribution in [2.45, 2.75) is 23.0 Å². The molecule has 0 amide bonds. The van der Waals surface area contributed by atoms with Gasteiger partial charge >= 0.3 is 0 Å². The average molecular weight is 480 g/mol. The Hall–Kier alpha value is -3.10. The number of methoxy groups -OCH3 is 1. The molecule has 1 heterocycles. The second-order valence-corrected chi connectivity index (χ2v) is 10.5. The normalized spacial score (nSPS) is 11.4.